The second-order valence-corrected chi connectivity index (χ2v) is 4.12. The van der Waals surface area contributed by atoms with Gasteiger partial charge in [0.05, 0.1) is 10.4 Å². The van der Waals surface area contributed by atoms with Gasteiger partial charge in [-0.3, -0.25) is 0 Å². The third kappa shape index (κ3) is 2.00. The Hall–Kier alpha value is -2.13. The molecular formula is C14H9ClN2O. The number of rotatable bonds is 2. The van der Waals surface area contributed by atoms with Crippen molar-refractivity contribution in [2.24, 2.45) is 0 Å². The second-order valence-electron chi connectivity index (χ2n) is 3.72. The van der Waals surface area contributed by atoms with Crippen LogP contribution in [0.1, 0.15) is 0 Å². The van der Waals surface area contributed by atoms with Crippen LogP contribution in [0.3, 0.4) is 0 Å². The first-order chi connectivity index (χ1) is 8.84. The SMILES string of the molecule is Clc1ccccc1Oc1ccnc2ncccc12. The van der Waals surface area contributed by atoms with Crippen LogP contribution in [0, 0.1) is 0 Å². The Morgan fingerprint density at radius 2 is 1.67 bits per heavy atom. The van der Waals surface area contributed by atoms with Crippen LogP contribution in [-0.2, 0) is 0 Å². The van der Waals surface area contributed by atoms with Gasteiger partial charge in [-0.2, -0.15) is 0 Å². The van der Waals surface area contributed by atoms with E-state index >= 15 is 0 Å². The maximum atomic E-state index is 6.07. The van der Waals surface area contributed by atoms with Crippen LogP contribution < -0.4 is 4.74 Å². The molecule has 0 aliphatic heterocycles. The number of para-hydroxylation sites is 1. The minimum absolute atomic E-state index is 0.575. The normalized spacial score (nSPS) is 10.5. The second kappa shape index (κ2) is 4.63. The molecule has 0 saturated heterocycles. The van der Waals surface area contributed by atoms with Crippen molar-refractivity contribution in [2.75, 3.05) is 0 Å². The Morgan fingerprint density at radius 1 is 0.833 bits per heavy atom. The highest BCUT2D eigenvalue weighted by molar-refractivity contribution is 6.32. The molecule has 1 aromatic carbocycles. The van der Waals surface area contributed by atoms with Crippen LogP contribution in [0.15, 0.2) is 54.9 Å². The molecule has 4 heteroatoms. The van der Waals surface area contributed by atoms with Crippen LogP contribution >= 0.6 is 11.6 Å². The molecule has 3 rings (SSSR count). The molecule has 0 unspecified atom stereocenters. The van der Waals surface area contributed by atoms with Crippen molar-refractivity contribution >= 4 is 22.6 Å². The van der Waals surface area contributed by atoms with Crippen molar-refractivity contribution in [3.63, 3.8) is 0 Å². The fourth-order valence-electron chi connectivity index (χ4n) is 1.69. The molecule has 18 heavy (non-hydrogen) atoms. The highest BCUT2D eigenvalue weighted by Crippen LogP contribution is 2.31. The fourth-order valence-corrected chi connectivity index (χ4v) is 1.87. The van der Waals surface area contributed by atoms with Gasteiger partial charge in [0.15, 0.2) is 5.65 Å². The van der Waals surface area contributed by atoms with Gasteiger partial charge < -0.3 is 4.74 Å². The van der Waals surface area contributed by atoms with Crippen molar-refractivity contribution in [1.29, 1.82) is 0 Å². The van der Waals surface area contributed by atoms with Crippen molar-refractivity contribution in [3.05, 3.63) is 59.9 Å². The number of benzene rings is 1. The van der Waals surface area contributed by atoms with Crippen LogP contribution in [-0.4, -0.2) is 9.97 Å². The van der Waals surface area contributed by atoms with Crippen molar-refractivity contribution < 1.29 is 4.74 Å². The van der Waals surface area contributed by atoms with Gasteiger partial charge in [-0.1, -0.05) is 23.7 Å². The predicted octanol–water partition coefficient (Wildman–Crippen LogP) is 4.08. The van der Waals surface area contributed by atoms with E-state index in [1.165, 1.54) is 0 Å². The van der Waals surface area contributed by atoms with Crippen molar-refractivity contribution in [3.8, 4) is 11.5 Å². The fraction of sp³-hybridized carbons (Fsp3) is 0. The largest absolute Gasteiger partial charge is 0.455 e. The predicted molar refractivity (Wildman–Crippen MR) is 71.1 cm³/mol. The van der Waals surface area contributed by atoms with Crippen molar-refractivity contribution in [1.82, 2.24) is 9.97 Å². The Balaban J connectivity index is 2.08. The lowest BCUT2D eigenvalue weighted by atomic mass is 10.2. The molecule has 2 heterocycles. The van der Waals surface area contributed by atoms with Gasteiger partial charge in [0.1, 0.15) is 11.5 Å². The van der Waals surface area contributed by atoms with Gasteiger partial charge >= 0.3 is 0 Å². The summed E-state index contributed by atoms with van der Waals surface area (Å²) in [6, 6.07) is 12.9. The Kier molecular flexibility index (Phi) is 2.82. The highest BCUT2D eigenvalue weighted by Gasteiger charge is 2.06. The van der Waals surface area contributed by atoms with E-state index in [1.54, 1.807) is 24.5 Å². The molecule has 0 amide bonds. The van der Waals surface area contributed by atoms with E-state index in [0.29, 0.717) is 22.2 Å². The molecule has 0 saturated carbocycles. The summed E-state index contributed by atoms with van der Waals surface area (Å²) in [6.07, 6.45) is 3.37. The maximum absolute atomic E-state index is 6.07. The summed E-state index contributed by atoms with van der Waals surface area (Å²) >= 11 is 6.07. The Morgan fingerprint density at radius 3 is 2.56 bits per heavy atom. The van der Waals surface area contributed by atoms with E-state index in [-0.39, 0.29) is 0 Å². The summed E-state index contributed by atoms with van der Waals surface area (Å²) in [7, 11) is 0. The number of pyridine rings is 2. The van der Waals surface area contributed by atoms with Crippen LogP contribution in [0.2, 0.25) is 5.02 Å². The zero-order chi connectivity index (χ0) is 12.4. The van der Waals surface area contributed by atoms with Gasteiger partial charge in [-0.15, -0.1) is 0 Å². The lowest BCUT2D eigenvalue weighted by Gasteiger charge is -2.09. The zero-order valence-corrected chi connectivity index (χ0v) is 10.1. The minimum atomic E-state index is 0.575. The molecular weight excluding hydrogens is 248 g/mol. The molecule has 0 aliphatic carbocycles. The van der Waals surface area contributed by atoms with Crippen LogP contribution in [0.4, 0.5) is 0 Å². The van der Waals surface area contributed by atoms with Gasteiger partial charge in [-0.25, -0.2) is 9.97 Å². The Bertz CT molecular complexity index is 695. The molecule has 0 atom stereocenters. The molecule has 0 fully saturated rings. The number of halogens is 1. The standard InChI is InChI=1S/C14H9ClN2O/c15-11-5-1-2-6-13(11)18-12-7-9-17-14-10(12)4-3-8-16-14/h1-9H. The summed E-state index contributed by atoms with van der Waals surface area (Å²) in [4.78, 5) is 8.36. The molecule has 2 aromatic heterocycles. The number of hydrogen-bond donors (Lipinski definition) is 0. The summed E-state index contributed by atoms with van der Waals surface area (Å²) < 4.78 is 5.81. The van der Waals surface area contributed by atoms with Gasteiger partial charge in [0, 0.05) is 12.4 Å². The summed E-state index contributed by atoms with van der Waals surface area (Å²) in [5.74, 6) is 1.32. The molecule has 3 nitrogen and oxygen atoms in total. The number of aromatic nitrogens is 2. The van der Waals surface area contributed by atoms with Gasteiger partial charge in [0.25, 0.3) is 0 Å². The summed E-state index contributed by atoms with van der Waals surface area (Å²) in [6.45, 7) is 0. The summed E-state index contributed by atoms with van der Waals surface area (Å²) in [5, 5.41) is 1.44. The summed E-state index contributed by atoms with van der Waals surface area (Å²) in [5.41, 5.74) is 0.655. The lowest BCUT2D eigenvalue weighted by Crippen LogP contribution is -1.89. The quantitative estimate of drug-likeness (QED) is 0.693. The maximum Gasteiger partial charge on any atom is 0.162 e. The average molecular weight is 257 g/mol. The van der Waals surface area contributed by atoms with E-state index < -0.39 is 0 Å². The molecule has 3 aromatic rings. The first kappa shape index (κ1) is 11.0. The van der Waals surface area contributed by atoms with E-state index in [2.05, 4.69) is 9.97 Å². The molecule has 0 spiro atoms. The first-order valence-electron chi connectivity index (χ1n) is 5.47. The molecule has 0 aliphatic rings. The number of ether oxygens (including phenoxy) is 1. The third-order valence-electron chi connectivity index (χ3n) is 2.53. The molecule has 88 valence electrons. The smallest absolute Gasteiger partial charge is 0.162 e. The topological polar surface area (TPSA) is 35.0 Å². The molecule has 0 N–H and O–H groups in total. The van der Waals surface area contributed by atoms with Crippen LogP contribution in [0.5, 0.6) is 11.5 Å². The first-order valence-corrected chi connectivity index (χ1v) is 5.84. The zero-order valence-electron chi connectivity index (χ0n) is 9.38. The molecule has 0 bridgehead atoms. The van der Waals surface area contributed by atoms with E-state index in [1.807, 2.05) is 30.3 Å². The van der Waals surface area contributed by atoms with Gasteiger partial charge in [0.2, 0.25) is 0 Å². The van der Waals surface area contributed by atoms with Crippen LogP contribution in [0.25, 0.3) is 11.0 Å². The number of nitrogens with zero attached hydrogens (tertiary/aromatic N) is 2. The number of fused-ring (bicyclic) bond motifs is 1. The Labute approximate surface area is 109 Å². The van der Waals surface area contributed by atoms with E-state index in [9.17, 15) is 0 Å². The van der Waals surface area contributed by atoms with E-state index in [0.717, 1.165) is 5.39 Å². The highest BCUT2D eigenvalue weighted by atomic mass is 35.5. The molecule has 0 radical (unpaired) electrons. The van der Waals surface area contributed by atoms with E-state index in [4.69, 9.17) is 16.3 Å². The average Bonchev–Trinajstić information content (AvgIpc) is 2.42. The van der Waals surface area contributed by atoms with Crippen molar-refractivity contribution in [2.45, 2.75) is 0 Å². The third-order valence-corrected chi connectivity index (χ3v) is 2.84. The number of hydrogen-bond acceptors (Lipinski definition) is 3. The van der Waals surface area contributed by atoms with Gasteiger partial charge in [-0.05, 0) is 30.3 Å². The minimum Gasteiger partial charge on any atom is -0.455 e. The lowest BCUT2D eigenvalue weighted by molar-refractivity contribution is 0.488. The monoisotopic (exact) mass is 256 g/mol.